The Balaban J connectivity index is 1.92. The highest BCUT2D eigenvalue weighted by Gasteiger charge is 2.19. The van der Waals surface area contributed by atoms with Crippen molar-refractivity contribution in [3.8, 4) is 5.75 Å². The molecule has 1 atom stereocenters. The molecule has 1 aliphatic rings. The SMILES string of the molecule is COc1ccc(C(N)c2ccc(C(C)C)c(N3CCOCC3)c2)cc1. The minimum Gasteiger partial charge on any atom is -0.497 e. The Hall–Kier alpha value is -2.04. The van der Waals surface area contributed by atoms with E-state index in [0.717, 1.165) is 43.2 Å². The van der Waals surface area contributed by atoms with Crippen molar-refractivity contribution in [2.24, 2.45) is 5.73 Å². The van der Waals surface area contributed by atoms with Crippen LogP contribution in [0.5, 0.6) is 5.75 Å². The van der Waals surface area contributed by atoms with Crippen LogP contribution in [0.2, 0.25) is 0 Å². The van der Waals surface area contributed by atoms with E-state index in [4.69, 9.17) is 15.2 Å². The highest BCUT2D eigenvalue weighted by molar-refractivity contribution is 5.58. The first-order valence-corrected chi connectivity index (χ1v) is 8.96. The second-order valence-corrected chi connectivity index (χ2v) is 6.82. The van der Waals surface area contributed by atoms with Crippen LogP contribution in [0.15, 0.2) is 42.5 Å². The highest BCUT2D eigenvalue weighted by Crippen LogP contribution is 2.32. The van der Waals surface area contributed by atoms with Gasteiger partial charge < -0.3 is 20.1 Å². The lowest BCUT2D eigenvalue weighted by atomic mass is 9.93. The van der Waals surface area contributed by atoms with E-state index in [1.807, 2.05) is 24.3 Å². The summed E-state index contributed by atoms with van der Waals surface area (Å²) in [4.78, 5) is 2.42. The van der Waals surface area contributed by atoms with Crippen molar-refractivity contribution in [3.63, 3.8) is 0 Å². The van der Waals surface area contributed by atoms with Crippen molar-refractivity contribution in [1.82, 2.24) is 0 Å². The smallest absolute Gasteiger partial charge is 0.118 e. The topological polar surface area (TPSA) is 47.7 Å². The van der Waals surface area contributed by atoms with Gasteiger partial charge in [0.15, 0.2) is 0 Å². The molecule has 0 bridgehead atoms. The summed E-state index contributed by atoms with van der Waals surface area (Å²) >= 11 is 0. The van der Waals surface area contributed by atoms with E-state index < -0.39 is 0 Å². The van der Waals surface area contributed by atoms with Crippen LogP contribution in [0.1, 0.15) is 42.5 Å². The van der Waals surface area contributed by atoms with Gasteiger partial charge in [0, 0.05) is 18.8 Å². The average molecular weight is 340 g/mol. The molecule has 1 saturated heterocycles. The van der Waals surface area contributed by atoms with Crippen LogP contribution in [0.4, 0.5) is 5.69 Å². The molecule has 1 heterocycles. The van der Waals surface area contributed by atoms with E-state index in [1.165, 1.54) is 11.3 Å². The summed E-state index contributed by atoms with van der Waals surface area (Å²) in [6, 6.07) is 14.5. The fraction of sp³-hybridized carbons (Fsp3) is 0.429. The molecule has 0 saturated carbocycles. The number of methoxy groups -OCH3 is 1. The molecule has 0 amide bonds. The number of ether oxygens (including phenoxy) is 2. The second-order valence-electron chi connectivity index (χ2n) is 6.82. The molecule has 25 heavy (non-hydrogen) atoms. The predicted octanol–water partition coefficient (Wildman–Crippen LogP) is 3.70. The number of benzene rings is 2. The molecule has 3 rings (SSSR count). The van der Waals surface area contributed by atoms with E-state index in [0.29, 0.717) is 5.92 Å². The van der Waals surface area contributed by atoms with Gasteiger partial charge in [-0.15, -0.1) is 0 Å². The molecule has 1 aliphatic heterocycles. The van der Waals surface area contributed by atoms with Gasteiger partial charge in [-0.05, 0) is 40.8 Å². The van der Waals surface area contributed by atoms with Crippen LogP contribution in [0.25, 0.3) is 0 Å². The van der Waals surface area contributed by atoms with Gasteiger partial charge in [0.2, 0.25) is 0 Å². The summed E-state index contributed by atoms with van der Waals surface area (Å²) in [5, 5.41) is 0. The molecular weight excluding hydrogens is 312 g/mol. The van der Waals surface area contributed by atoms with Crippen LogP contribution in [-0.2, 0) is 4.74 Å². The standard InChI is InChI=1S/C21H28N2O2/c1-15(2)19-9-6-17(14-20(19)23-10-12-25-13-11-23)21(22)16-4-7-18(24-3)8-5-16/h4-9,14-15,21H,10-13,22H2,1-3H3. The summed E-state index contributed by atoms with van der Waals surface area (Å²) in [6.45, 7) is 7.91. The van der Waals surface area contributed by atoms with Crippen molar-refractivity contribution in [1.29, 1.82) is 0 Å². The largest absolute Gasteiger partial charge is 0.497 e. The second kappa shape index (κ2) is 7.89. The zero-order chi connectivity index (χ0) is 17.8. The fourth-order valence-electron chi connectivity index (χ4n) is 3.32. The molecular formula is C21H28N2O2. The van der Waals surface area contributed by atoms with Gasteiger partial charge in [-0.2, -0.15) is 0 Å². The molecule has 0 aromatic heterocycles. The minimum absolute atomic E-state index is 0.146. The Morgan fingerprint density at radius 3 is 2.24 bits per heavy atom. The first-order chi connectivity index (χ1) is 12.1. The van der Waals surface area contributed by atoms with E-state index in [9.17, 15) is 0 Å². The maximum Gasteiger partial charge on any atom is 0.118 e. The Morgan fingerprint density at radius 1 is 1.00 bits per heavy atom. The Labute approximate surface area is 150 Å². The van der Waals surface area contributed by atoms with Crippen LogP contribution in [0.3, 0.4) is 0 Å². The molecule has 2 aromatic carbocycles. The molecule has 134 valence electrons. The molecule has 1 fully saturated rings. The highest BCUT2D eigenvalue weighted by atomic mass is 16.5. The Kier molecular flexibility index (Phi) is 5.61. The van der Waals surface area contributed by atoms with E-state index in [2.05, 4.69) is 36.9 Å². The third kappa shape index (κ3) is 3.97. The maximum absolute atomic E-state index is 6.55. The molecule has 0 spiro atoms. The maximum atomic E-state index is 6.55. The first kappa shape index (κ1) is 17.8. The number of hydrogen-bond acceptors (Lipinski definition) is 4. The van der Waals surface area contributed by atoms with Gasteiger partial charge in [0.05, 0.1) is 26.4 Å². The number of morpholine rings is 1. The summed E-state index contributed by atoms with van der Waals surface area (Å²) < 4.78 is 10.7. The van der Waals surface area contributed by atoms with E-state index >= 15 is 0 Å². The molecule has 2 aromatic rings. The number of anilines is 1. The van der Waals surface area contributed by atoms with E-state index in [-0.39, 0.29) is 6.04 Å². The number of rotatable bonds is 5. The molecule has 0 aliphatic carbocycles. The van der Waals surface area contributed by atoms with Crippen molar-refractivity contribution in [2.75, 3.05) is 38.3 Å². The molecule has 2 N–H and O–H groups in total. The number of hydrogen-bond donors (Lipinski definition) is 1. The zero-order valence-corrected chi connectivity index (χ0v) is 15.4. The van der Waals surface area contributed by atoms with Gasteiger partial charge in [-0.1, -0.05) is 38.1 Å². The van der Waals surface area contributed by atoms with Gasteiger partial charge in [-0.3, -0.25) is 0 Å². The Bertz CT molecular complexity index is 692. The van der Waals surface area contributed by atoms with Crippen LogP contribution in [0, 0.1) is 0 Å². The van der Waals surface area contributed by atoms with Crippen LogP contribution in [-0.4, -0.2) is 33.4 Å². The number of nitrogens with zero attached hydrogens (tertiary/aromatic N) is 1. The minimum atomic E-state index is -0.146. The van der Waals surface area contributed by atoms with Crippen LogP contribution >= 0.6 is 0 Å². The third-order valence-corrected chi connectivity index (χ3v) is 4.86. The lowest BCUT2D eigenvalue weighted by Gasteiger charge is -2.32. The molecule has 1 unspecified atom stereocenters. The molecule has 4 nitrogen and oxygen atoms in total. The normalized spacial score (nSPS) is 16.1. The predicted molar refractivity (Wildman–Crippen MR) is 103 cm³/mol. The fourth-order valence-corrected chi connectivity index (χ4v) is 3.32. The lowest BCUT2D eigenvalue weighted by Crippen LogP contribution is -2.37. The number of nitrogens with two attached hydrogens (primary N) is 1. The quantitative estimate of drug-likeness (QED) is 0.901. The summed E-state index contributed by atoms with van der Waals surface area (Å²) in [5.41, 5.74) is 11.4. The van der Waals surface area contributed by atoms with E-state index in [1.54, 1.807) is 7.11 Å². The van der Waals surface area contributed by atoms with Crippen molar-refractivity contribution >= 4 is 5.69 Å². The zero-order valence-electron chi connectivity index (χ0n) is 15.4. The van der Waals surface area contributed by atoms with Crippen molar-refractivity contribution in [2.45, 2.75) is 25.8 Å². The average Bonchev–Trinajstić information content (AvgIpc) is 2.67. The summed E-state index contributed by atoms with van der Waals surface area (Å²) in [5.74, 6) is 1.32. The van der Waals surface area contributed by atoms with Gasteiger partial charge in [0.1, 0.15) is 5.75 Å². The van der Waals surface area contributed by atoms with Crippen molar-refractivity contribution in [3.05, 3.63) is 59.2 Å². The third-order valence-electron chi connectivity index (χ3n) is 4.86. The molecule has 0 radical (unpaired) electrons. The van der Waals surface area contributed by atoms with Crippen LogP contribution < -0.4 is 15.4 Å². The van der Waals surface area contributed by atoms with Gasteiger partial charge in [-0.25, -0.2) is 0 Å². The summed E-state index contributed by atoms with van der Waals surface area (Å²) in [7, 11) is 1.67. The Morgan fingerprint density at radius 2 is 1.64 bits per heavy atom. The van der Waals surface area contributed by atoms with Gasteiger partial charge in [0.25, 0.3) is 0 Å². The monoisotopic (exact) mass is 340 g/mol. The first-order valence-electron chi connectivity index (χ1n) is 8.96. The summed E-state index contributed by atoms with van der Waals surface area (Å²) in [6.07, 6.45) is 0. The van der Waals surface area contributed by atoms with Gasteiger partial charge >= 0.3 is 0 Å². The molecule has 4 heteroatoms. The van der Waals surface area contributed by atoms with Crippen molar-refractivity contribution < 1.29 is 9.47 Å². The lowest BCUT2D eigenvalue weighted by molar-refractivity contribution is 0.122.